The van der Waals surface area contributed by atoms with E-state index in [0.29, 0.717) is 10.9 Å². The molecule has 0 saturated heterocycles. The Morgan fingerprint density at radius 2 is 2.15 bits per heavy atom. The van der Waals surface area contributed by atoms with E-state index in [1.54, 1.807) is 11.0 Å². The summed E-state index contributed by atoms with van der Waals surface area (Å²) in [6, 6.07) is 5.67. The van der Waals surface area contributed by atoms with Crippen LogP contribution in [0, 0.1) is 0 Å². The Bertz CT molecular complexity index is 746. The summed E-state index contributed by atoms with van der Waals surface area (Å²) in [5.74, 6) is 2.01. The smallest absolute Gasteiger partial charge is 0.152 e. The molecule has 0 aliphatic heterocycles. The summed E-state index contributed by atoms with van der Waals surface area (Å²) in [4.78, 5) is 8.74. The highest BCUT2D eigenvalue weighted by atomic mass is 35.5. The standard InChI is InChI=1S/C13H13Cl2N5/c1-19-8-16-12(18-19)4-5-20-11-3-2-9(15)6-10(11)17-13(20)7-14/h2-3,6,8H,4-5,7H2,1H3. The van der Waals surface area contributed by atoms with Crippen LogP contribution in [0.15, 0.2) is 24.5 Å². The van der Waals surface area contributed by atoms with Gasteiger partial charge in [-0.3, -0.25) is 4.68 Å². The van der Waals surface area contributed by atoms with E-state index in [1.165, 1.54) is 0 Å². The number of benzene rings is 1. The zero-order valence-corrected chi connectivity index (χ0v) is 12.4. The van der Waals surface area contributed by atoms with Crippen molar-refractivity contribution in [3.8, 4) is 0 Å². The van der Waals surface area contributed by atoms with E-state index in [-0.39, 0.29) is 0 Å². The molecule has 3 aromatic rings. The van der Waals surface area contributed by atoms with Crippen LogP contribution >= 0.6 is 23.2 Å². The van der Waals surface area contributed by atoms with Gasteiger partial charge in [-0.25, -0.2) is 9.97 Å². The maximum Gasteiger partial charge on any atom is 0.152 e. The average Bonchev–Trinajstić information content (AvgIpc) is 2.99. The average molecular weight is 310 g/mol. The van der Waals surface area contributed by atoms with Gasteiger partial charge in [-0.15, -0.1) is 11.6 Å². The highest BCUT2D eigenvalue weighted by Crippen LogP contribution is 2.21. The minimum Gasteiger partial charge on any atom is -0.327 e. The van der Waals surface area contributed by atoms with E-state index in [2.05, 4.69) is 19.6 Å². The van der Waals surface area contributed by atoms with Crippen LogP contribution < -0.4 is 0 Å². The molecule has 0 spiro atoms. The summed E-state index contributed by atoms with van der Waals surface area (Å²) in [5.41, 5.74) is 1.89. The molecule has 20 heavy (non-hydrogen) atoms. The Kier molecular flexibility index (Phi) is 3.63. The third kappa shape index (κ3) is 2.51. The Balaban J connectivity index is 1.93. The number of hydrogen-bond acceptors (Lipinski definition) is 3. The number of aryl methyl sites for hydroxylation is 3. The van der Waals surface area contributed by atoms with Crippen LogP contribution in [0.5, 0.6) is 0 Å². The molecule has 0 aliphatic rings. The van der Waals surface area contributed by atoms with Crippen LogP contribution in [0.25, 0.3) is 11.0 Å². The number of aromatic nitrogens is 5. The fourth-order valence-electron chi connectivity index (χ4n) is 2.21. The highest BCUT2D eigenvalue weighted by molar-refractivity contribution is 6.31. The number of imidazole rings is 1. The second-order valence-corrected chi connectivity index (χ2v) is 5.23. The van der Waals surface area contributed by atoms with Crippen LogP contribution in [-0.4, -0.2) is 24.3 Å². The van der Waals surface area contributed by atoms with Crippen molar-refractivity contribution in [3.63, 3.8) is 0 Å². The molecule has 0 amide bonds. The minimum atomic E-state index is 0.363. The molecule has 0 atom stereocenters. The van der Waals surface area contributed by atoms with Crippen molar-refractivity contribution in [2.75, 3.05) is 0 Å². The number of nitrogens with zero attached hydrogens (tertiary/aromatic N) is 5. The summed E-state index contributed by atoms with van der Waals surface area (Å²) in [6.45, 7) is 0.740. The molecule has 5 nitrogen and oxygen atoms in total. The maximum absolute atomic E-state index is 5.99. The molecule has 0 aliphatic carbocycles. The normalized spacial score (nSPS) is 11.3. The fraction of sp³-hybridized carbons (Fsp3) is 0.308. The Labute approximate surface area is 126 Å². The van der Waals surface area contributed by atoms with E-state index < -0.39 is 0 Å². The van der Waals surface area contributed by atoms with Gasteiger partial charge in [0, 0.05) is 25.0 Å². The first-order valence-corrected chi connectivity index (χ1v) is 7.14. The lowest BCUT2D eigenvalue weighted by Gasteiger charge is -2.05. The lowest BCUT2D eigenvalue weighted by atomic mass is 10.3. The molecule has 0 N–H and O–H groups in total. The topological polar surface area (TPSA) is 48.5 Å². The number of fused-ring (bicyclic) bond motifs is 1. The summed E-state index contributed by atoms with van der Waals surface area (Å²) in [6.07, 6.45) is 2.43. The van der Waals surface area contributed by atoms with Crippen molar-refractivity contribution in [1.29, 1.82) is 0 Å². The minimum absolute atomic E-state index is 0.363. The molecule has 7 heteroatoms. The van der Waals surface area contributed by atoms with Gasteiger partial charge in [-0.1, -0.05) is 11.6 Å². The molecule has 3 rings (SSSR count). The number of alkyl halides is 1. The third-order valence-corrected chi connectivity index (χ3v) is 3.59. The van der Waals surface area contributed by atoms with E-state index in [9.17, 15) is 0 Å². The Morgan fingerprint density at radius 3 is 2.85 bits per heavy atom. The van der Waals surface area contributed by atoms with Crippen molar-refractivity contribution in [2.45, 2.75) is 18.8 Å². The molecule has 1 aromatic carbocycles. The maximum atomic E-state index is 5.99. The summed E-state index contributed by atoms with van der Waals surface area (Å²) in [7, 11) is 1.86. The van der Waals surface area contributed by atoms with E-state index >= 15 is 0 Å². The first-order valence-electron chi connectivity index (χ1n) is 6.22. The van der Waals surface area contributed by atoms with Gasteiger partial charge in [0.2, 0.25) is 0 Å². The first-order chi connectivity index (χ1) is 9.67. The monoisotopic (exact) mass is 309 g/mol. The number of hydrogen-bond donors (Lipinski definition) is 0. The second-order valence-electron chi connectivity index (χ2n) is 4.53. The van der Waals surface area contributed by atoms with Crippen molar-refractivity contribution >= 4 is 34.2 Å². The second kappa shape index (κ2) is 5.42. The fourth-order valence-corrected chi connectivity index (χ4v) is 2.58. The molecule has 2 aromatic heterocycles. The lowest BCUT2D eigenvalue weighted by molar-refractivity contribution is 0.654. The van der Waals surface area contributed by atoms with Crippen molar-refractivity contribution in [2.24, 2.45) is 7.05 Å². The quantitative estimate of drug-likeness (QED) is 0.696. The highest BCUT2D eigenvalue weighted by Gasteiger charge is 2.11. The SMILES string of the molecule is Cn1cnc(CCn2c(CCl)nc3cc(Cl)ccc32)n1. The van der Waals surface area contributed by atoms with Crippen LogP contribution in [0.2, 0.25) is 5.02 Å². The van der Waals surface area contributed by atoms with E-state index in [1.807, 2.05) is 25.2 Å². The molecule has 0 bridgehead atoms. The molecule has 0 radical (unpaired) electrons. The molecular formula is C13H13Cl2N5. The Morgan fingerprint density at radius 1 is 1.30 bits per heavy atom. The van der Waals surface area contributed by atoms with Crippen LogP contribution in [-0.2, 0) is 25.9 Å². The summed E-state index contributed by atoms with van der Waals surface area (Å²) in [5, 5.41) is 4.95. The molecule has 104 valence electrons. The van der Waals surface area contributed by atoms with Crippen molar-refractivity contribution < 1.29 is 0 Å². The van der Waals surface area contributed by atoms with Gasteiger partial charge >= 0.3 is 0 Å². The third-order valence-electron chi connectivity index (χ3n) is 3.11. The molecule has 0 fully saturated rings. The molecule has 2 heterocycles. The Hall–Kier alpha value is -1.59. The van der Waals surface area contributed by atoms with Crippen molar-refractivity contribution in [3.05, 3.63) is 41.2 Å². The number of rotatable bonds is 4. The van der Waals surface area contributed by atoms with Gasteiger partial charge in [0.05, 0.1) is 16.9 Å². The first kappa shape index (κ1) is 13.4. The van der Waals surface area contributed by atoms with Crippen LogP contribution in [0.4, 0.5) is 0 Å². The van der Waals surface area contributed by atoms with Gasteiger partial charge in [-0.2, -0.15) is 5.10 Å². The molecule has 0 saturated carbocycles. The van der Waals surface area contributed by atoms with Gasteiger partial charge in [0.25, 0.3) is 0 Å². The van der Waals surface area contributed by atoms with E-state index in [4.69, 9.17) is 23.2 Å². The zero-order valence-electron chi connectivity index (χ0n) is 10.9. The van der Waals surface area contributed by atoms with Crippen molar-refractivity contribution in [1.82, 2.24) is 24.3 Å². The van der Waals surface area contributed by atoms with Gasteiger partial charge < -0.3 is 4.57 Å². The van der Waals surface area contributed by atoms with Gasteiger partial charge in [-0.05, 0) is 18.2 Å². The molecular weight excluding hydrogens is 297 g/mol. The van der Waals surface area contributed by atoms with Gasteiger partial charge in [0.1, 0.15) is 12.2 Å². The van der Waals surface area contributed by atoms with E-state index in [0.717, 1.165) is 35.6 Å². The summed E-state index contributed by atoms with van der Waals surface area (Å²) >= 11 is 12.0. The lowest BCUT2D eigenvalue weighted by Crippen LogP contribution is -2.06. The summed E-state index contributed by atoms with van der Waals surface area (Å²) < 4.78 is 3.79. The van der Waals surface area contributed by atoms with Crippen LogP contribution in [0.1, 0.15) is 11.6 Å². The number of halogens is 2. The van der Waals surface area contributed by atoms with Gasteiger partial charge in [0.15, 0.2) is 5.82 Å². The molecule has 0 unspecified atom stereocenters. The largest absolute Gasteiger partial charge is 0.327 e. The predicted molar refractivity (Wildman–Crippen MR) is 79.0 cm³/mol. The predicted octanol–water partition coefficient (Wildman–Crippen LogP) is 2.80. The zero-order chi connectivity index (χ0) is 14.1. The van der Waals surface area contributed by atoms with Crippen LogP contribution in [0.3, 0.4) is 0 Å².